The van der Waals surface area contributed by atoms with E-state index in [1.54, 1.807) is 12.4 Å². The summed E-state index contributed by atoms with van der Waals surface area (Å²) >= 11 is 0. The smallest absolute Gasteiger partial charge is 0.283 e. The average molecular weight is 376 g/mol. The summed E-state index contributed by atoms with van der Waals surface area (Å²) in [5, 5.41) is 9.18. The molecule has 28 heavy (non-hydrogen) atoms. The van der Waals surface area contributed by atoms with Gasteiger partial charge in [0.05, 0.1) is 5.56 Å². The molecule has 0 aliphatic carbocycles. The molecule has 3 aliphatic heterocycles. The summed E-state index contributed by atoms with van der Waals surface area (Å²) in [4.78, 5) is 8.89. The Morgan fingerprint density at radius 2 is 2.14 bits per heavy atom. The lowest BCUT2D eigenvalue weighted by molar-refractivity contribution is -0.167. The molecule has 2 N–H and O–H groups in total. The molecule has 1 spiro atoms. The highest BCUT2D eigenvalue weighted by Gasteiger charge is 2.60. The van der Waals surface area contributed by atoms with Gasteiger partial charge in [-0.1, -0.05) is 6.07 Å². The van der Waals surface area contributed by atoms with E-state index in [0.29, 0.717) is 18.8 Å². The van der Waals surface area contributed by atoms with E-state index in [-0.39, 0.29) is 12.1 Å². The van der Waals surface area contributed by atoms with Crippen molar-refractivity contribution < 1.29 is 14.2 Å². The minimum absolute atomic E-state index is 0.169. The first-order chi connectivity index (χ1) is 13.5. The maximum atomic E-state index is 9.18. The van der Waals surface area contributed by atoms with E-state index < -0.39 is 11.1 Å². The molecule has 2 aromatic rings. The third-order valence-electron chi connectivity index (χ3n) is 5.83. The van der Waals surface area contributed by atoms with Crippen LogP contribution in [0.15, 0.2) is 41.7 Å². The van der Waals surface area contributed by atoms with Gasteiger partial charge in [-0.2, -0.15) is 5.26 Å². The topological polar surface area (TPSA) is 103 Å². The van der Waals surface area contributed by atoms with Crippen LogP contribution < -0.4 is 10.5 Å². The maximum Gasteiger partial charge on any atom is 0.283 e. The van der Waals surface area contributed by atoms with Crippen molar-refractivity contribution in [3.63, 3.8) is 0 Å². The fraction of sp³-hybridized carbons (Fsp3) is 0.381. The number of ether oxygens (including phenoxy) is 3. The van der Waals surface area contributed by atoms with Gasteiger partial charge in [0.25, 0.3) is 6.02 Å². The average Bonchev–Trinajstić information content (AvgIpc) is 3.10. The van der Waals surface area contributed by atoms with Gasteiger partial charge in [-0.05, 0) is 43.5 Å². The summed E-state index contributed by atoms with van der Waals surface area (Å²) in [6.45, 7) is 3.04. The summed E-state index contributed by atoms with van der Waals surface area (Å²) < 4.78 is 18.2. The summed E-state index contributed by atoms with van der Waals surface area (Å²) in [5.74, 6) is 0.763. The molecule has 1 fully saturated rings. The Morgan fingerprint density at radius 3 is 2.93 bits per heavy atom. The van der Waals surface area contributed by atoms with Crippen molar-refractivity contribution in [3.8, 4) is 22.9 Å². The first kappa shape index (κ1) is 17.0. The van der Waals surface area contributed by atoms with Crippen LogP contribution in [0.25, 0.3) is 11.1 Å². The second-order valence-corrected chi connectivity index (χ2v) is 7.72. The number of fused-ring (bicyclic) bond motifs is 4. The standard InChI is InChI=1S/C21H20N4O3/c1-20-5-2-6-26-18(20)21(12-27-19(23)25-21)16-8-14(3-4-17(16)28-20)15-7-13(9-22)10-24-11-15/h3-4,7-8,10-11,18H,2,5-6,12H2,1H3,(H2,23,25)/t18-,20?,21-/m0/s1. The van der Waals surface area contributed by atoms with Crippen molar-refractivity contribution >= 4 is 6.02 Å². The molecule has 0 radical (unpaired) electrons. The molecule has 3 atom stereocenters. The number of nitrogens with two attached hydrogens (primary N) is 1. The third kappa shape index (κ3) is 2.38. The first-order valence-electron chi connectivity index (χ1n) is 9.33. The van der Waals surface area contributed by atoms with E-state index in [0.717, 1.165) is 35.3 Å². The highest BCUT2D eigenvalue weighted by molar-refractivity contribution is 5.76. The van der Waals surface area contributed by atoms with Gasteiger partial charge in [-0.15, -0.1) is 0 Å². The van der Waals surface area contributed by atoms with E-state index in [2.05, 4.69) is 18.0 Å². The molecule has 0 saturated carbocycles. The van der Waals surface area contributed by atoms with E-state index in [1.807, 2.05) is 24.3 Å². The Labute approximate surface area is 162 Å². The van der Waals surface area contributed by atoms with Gasteiger partial charge < -0.3 is 19.9 Å². The van der Waals surface area contributed by atoms with Crippen LogP contribution in [0.3, 0.4) is 0 Å². The number of aliphatic imine (C=N–C) groups is 1. The number of rotatable bonds is 1. The molecule has 3 aliphatic rings. The van der Waals surface area contributed by atoms with Crippen molar-refractivity contribution in [2.24, 2.45) is 10.7 Å². The Morgan fingerprint density at radius 1 is 1.25 bits per heavy atom. The summed E-state index contributed by atoms with van der Waals surface area (Å²) in [7, 11) is 0. The number of amidine groups is 1. The largest absolute Gasteiger partial charge is 0.484 e. The molecule has 1 unspecified atom stereocenters. The van der Waals surface area contributed by atoms with E-state index >= 15 is 0 Å². The molecule has 1 aromatic carbocycles. The predicted molar refractivity (Wildman–Crippen MR) is 102 cm³/mol. The minimum Gasteiger partial charge on any atom is -0.484 e. The molecule has 0 bridgehead atoms. The number of nitrogens with zero attached hydrogens (tertiary/aromatic N) is 3. The molecule has 0 amide bonds. The number of benzene rings is 1. The van der Waals surface area contributed by atoms with Crippen molar-refractivity contribution in [2.75, 3.05) is 13.2 Å². The molecule has 7 heteroatoms. The molecule has 1 aromatic heterocycles. The molecule has 4 heterocycles. The fourth-order valence-electron chi connectivity index (χ4n) is 4.58. The molecule has 5 rings (SSSR count). The van der Waals surface area contributed by atoms with Crippen LogP contribution in [0.1, 0.15) is 30.9 Å². The fourth-order valence-corrected chi connectivity index (χ4v) is 4.58. The van der Waals surface area contributed by atoms with Crippen LogP contribution in [0, 0.1) is 11.3 Å². The summed E-state index contributed by atoms with van der Waals surface area (Å²) in [6, 6.07) is 10.1. The van der Waals surface area contributed by atoms with Crippen LogP contribution in [-0.4, -0.2) is 35.9 Å². The highest BCUT2D eigenvalue weighted by atomic mass is 16.6. The SMILES string of the molecule is CC12CCCO[C@@H]1[C@]1(COC(N)=N1)c1cc(-c3cncc(C#N)c3)ccc1O2. The second-order valence-electron chi connectivity index (χ2n) is 7.72. The zero-order valence-electron chi connectivity index (χ0n) is 15.5. The molecule has 1 saturated heterocycles. The Hall–Kier alpha value is -3.11. The van der Waals surface area contributed by atoms with Crippen molar-refractivity contribution in [1.29, 1.82) is 5.26 Å². The van der Waals surface area contributed by atoms with Crippen molar-refractivity contribution in [3.05, 3.63) is 47.8 Å². The lowest BCUT2D eigenvalue weighted by Crippen LogP contribution is -2.62. The molecular weight excluding hydrogens is 356 g/mol. The number of aromatic nitrogens is 1. The zero-order valence-corrected chi connectivity index (χ0v) is 15.5. The van der Waals surface area contributed by atoms with Crippen LogP contribution in [0.4, 0.5) is 0 Å². The van der Waals surface area contributed by atoms with Crippen LogP contribution in [0.5, 0.6) is 5.75 Å². The van der Waals surface area contributed by atoms with Crippen LogP contribution >= 0.6 is 0 Å². The first-order valence-corrected chi connectivity index (χ1v) is 9.33. The monoisotopic (exact) mass is 376 g/mol. The van der Waals surface area contributed by atoms with E-state index in [4.69, 9.17) is 24.9 Å². The number of nitriles is 1. The number of hydrogen-bond acceptors (Lipinski definition) is 7. The normalized spacial score (nSPS) is 30.4. The lowest BCUT2D eigenvalue weighted by atomic mass is 9.72. The minimum atomic E-state index is -0.747. The predicted octanol–water partition coefficient (Wildman–Crippen LogP) is 2.49. The number of hydrogen-bond donors (Lipinski definition) is 1. The van der Waals surface area contributed by atoms with E-state index in [1.165, 1.54) is 0 Å². The highest BCUT2D eigenvalue weighted by Crippen LogP contribution is 2.52. The molecular formula is C21H20N4O3. The van der Waals surface area contributed by atoms with E-state index in [9.17, 15) is 5.26 Å². The van der Waals surface area contributed by atoms with Gasteiger partial charge in [0, 0.05) is 30.1 Å². The van der Waals surface area contributed by atoms with Crippen LogP contribution in [-0.2, 0) is 15.0 Å². The summed E-state index contributed by atoms with van der Waals surface area (Å²) in [6.07, 6.45) is 4.81. The van der Waals surface area contributed by atoms with Gasteiger partial charge in [-0.25, -0.2) is 4.99 Å². The third-order valence-corrected chi connectivity index (χ3v) is 5.83. The van der Waals surface area contributed by atoms with Gasteiger partial charge >= 0.3 is 0 Å². The van der Waals surface area contributed by atoms with Crippen molar-refractivity contribution in [1.82, 2.24) is 4.98 Å². The van der Waals surface area contributed by atoms with Gasteiger partial charge in [0.2, 0.25) is 0 Å². The summed E-state index contributed by atoms with van der Waals surface area (Å²) in [5.41, 5.74) is 7.87. The Kier molecular flexibility index (Phi) is 3.61. The second kappa shape index (κ2) is 5.94. The van der Waals surface area contributed by atoms with Gasteiger partial charge in [0.15, 0.2) is 5.54 Å². The molecule has 142 valence electrons. The maximum absolute atomic E-state index is 9.18. The van der Waals surface area contributed by atoms with Gasteiger partial charge in [0.1, 0.15) is 30.1 Å². The Balaban J connectivity index is 1.69. The van der Waals surface area contributed by atoms with Gasteiger partial charge in [-0.3, -0.25) is 4.98 Å². The van der Waals surface area contributed by atoms with Crippen molar-refractivity contribution in [2.45, 2.75) is 37.0 Å². The quantitative estimate of drug-likeness (QED) is 0.820. The lowest BCUT2D eigenvalue weighted by Gasteiger charge is -2.51. The Bertz CT molecular complexity index is 1030. The van der Waals surface area contributed by atoms with Crippen LogP contribution in [0.2, 0.25) is 0 Å². The zero-order chi connectivity index (χ0) is 19.4. The molecule has 7 nitrogen and oxygen atoms in total. The number of pyridine rings is 1.